The van der Waals surface area contributed by atoms with E-state index in [4.69, 9.17) is 9.47 Å². The van der Waals surface area contributed by atoms with Gasteiger partial charge in [0.05, 0.1) is 18.9 Å². The molecule has 21 heavy (non-hydrogen) atoms. The van der Waals surface area contributed by atoms with Crippen LogP contribution in [0, 0.1) is 5.92 Å². The van der Waals surface area contributed by atoms with Gasteiger partial charge in [0.2, 0.25) is 0 Å². The van der Waals surface area contributed by atoms with Crippen LogP contribution >= 0.6 is 0 Å². The first-order valence-corrected chi connectivity index (χ1v) is 8.47. The van der Waals surface area contributed by atoms with Gasteiger partial charge in [-0.1, -0.05) is 25.7 Å². The van der Waals surface area contributed by atoms with E-state index < -0.39 is 0 Å². The van der Waals surface area contributed by atoms with Crippen LogP contribution in [0.1, 0.15) is 52.4 Å². The van der Waals surface area contributed by atoms with Crippen molar-refractivity contribution in [2.24, 2.45) is 5.92 Å². The van der Waals surface area contributed by atoms with Crippen molar-refractivity contribution in [2.45, 2.75) is 52.4 Å². The molecule has 3 heteroatoms. The Hall–Kier alpha value is -1.38. The van der Waals surface area contributed by atoms with Gasteiger partial charge in [-0.15, -0.1) is 0 Å². The molecule has 0 bridgehead atoms. The molecule has 118 valence electrons. The Morgan fingerprint density at radius 2 is 1.71 bits per heavy atom. The molecule has 2 rings (SSSR count). The fourth-order valence-electron chi connectivity index (χ4n) is 3.01. The van der Waals surface area contributed by atoms with Gasteiger partial charge >= 0.3 is 0 Å². The average molecular weight is 291 g/mol. The number of ether oxygens (including phenoxy) is 2. The second-order valence-corrected chi connectivity index (χ2v) is 5.76. The monoisotopic (exact) mass is 291 g/mol. The van der Waals surface area contributed by atoms with Crippen LogP contribution in [0.25, 0.3) is 0 Å². The van der Waals surface area contributed by atoms with E-state index in [1.54, 1.807) is 0 Å². The highest BCUT2D eigenvalue weighted by Gasteiger charge is 2.13. The van der Waals surface area contributed by atoms with Gasteiger partial charge < -0.3 is 14.8 Å². The summed E-state index contributed by atoms with van der Waals surface area (Å²) in [6.07, 6.45) is 8.26. The molecule has 1 aromatic rings. The number of hydrogen-bond acceptors (Lipinski definition) is 3. The quantitative estimate of drug-likeness (QED) is 0.727. The molecule has 0 aromatic heterocycles. The van der Waals surface area contributed by atoms with Crippen molar-refractivity contribution in [3.63, 3.8) is 0 Å². The second-order valence-electron chi connectivity index (χ2n) is 5.76. The zero-order valence-electron chi connectivity index (χ0n) is 13.5. The Morgan fingerprint density at radius 1 is 1.00 bits per heavy atom. The van der Waals surface area contributed by atoms with Crippen LogP contribution in [0.4, 0.5) is 5.69 Å². The molecule has 0 aliphatic heterocycles. The summed E-state index contributed by atoms with van der Waals surface area (Å²) < 4.78 is 11.3. The van der Waals surface area contributed by atoms with E-state index in [9.17, 15) is 0 Å². The standard InChI is InChI=1S/C18H29NO2/c1-3-20-16-11-12-18(21-4-2)17(13-16)19-14-15-9-7-5-6-8-10-15/h11-13,15,19H,3-10,14H2,1-2H3. The zero-order chi connectivity index (χ0) is 14.9. The third-order valence-electron chi connectivity index (χ3n) is 4.12. The lowest BCUT2D eigenvalue weighted by Crippen LogP contribution is -2.14. The third-order valence-corrected chi connectivity index (χ3v) is 4.12. The molecule has 1 aromatic carbocycles. The summed E-state index contributed by atoms with van der Waals surface area (Å²) in [5.74, 6) is 2.62. The van der Waals surface area contributed by atoms with Crippen molar-refractivity contribution in [3.8, 4) is 11.5 Å². The summed E-state index contributed by atoms with van der Waals surface area (Å²) in [4.78, 5) is 0. The molecule has 1 aliphatic carbocycles. The van der Waals surface area contributed by atoms with Crippen LogP contribution in [0.15, 0.2) is 18.2 Å². The lowest BCUT2D eigenvalue weighted by molar-refractivity contribution is 0.331. The lowest BCUT2D eigenvalue weighted by Gasteiger charge is -2.18. The minimum atomic E-state index is 0.687. The minimum absolute atomic E-state index is 0.687. The van der Waals surface area contributed by atoms with Gasteiger partial charge in [-0.2, -0.15) is 0 Å². The average Bonchev–Trinajstić information content (AvgIpc) is 2.76. The van der Waals surface area contributed by atoms with Gasteiger partial charge in [-0.05, 0) is 44.7 Å². The molecule has 1 saturated carbocycles. The van der Waals surface area contributed by atoms with Crippen LogP contribution in [-0.4, -0.2) is 19.8 Å². The van der Waals surface area contributed by atoms with Crippen LogP contribution in [-0.2, 0) is 0 Å². The molecule has 0 heterocycles. The van der Waals surface area contributed by atoms with Gasteiger partial charge in [0, 0.05) is 12.6 Å². The van der Waals surface area contributed by atoms with Gasteiger partial charge in [0.25, 0.3) is 0 Å². The fourth-order valence-corrected chi connectivity index (χ4v) is 3.01. The first-order chi connectivity index (χ1) is 10.3. The topological polar surface area (TPSA) is 30.5 Å². The molecule has 1 aliphatic rings. The predicted octanol–water partition coefficient (Wildman–Crippen LogP) is 4.87. The van der Waals surface area contributed by atoms with E-state index in [0.717, 1.165) is 29.6 Å². The Balaban J connectivity index is 1.99. The van der Waals surface area contributed by atoms with Crippen LogP contribution in [0.3, 0.4) is 0 Å². The van der Waals surface area contributed by atoms with E-state index in [-0.39, 0.29) is 0 Å². The molecule has 0 amide bonds. The largest absolute Gasteiger partial charge is 0.494 e. The molecule has 0 unspecified atom stereocenters. The molecule has 0 atom stereocenters. The highest BCUT2D eigenvalue weighted by molar-refractivity contribution is 5.59. The summed E-state index contributed by atoms with van der Waals surface area (Å²) >= 11 is 0. The van der Waals surface area contributed by atoms with E-state index in [1.807, 2.05) is 26.0 Å². The number of hydrogen-bond donors (Lipinski definition) is 1. The molecule has 3 nitrogen and oxygen atoms in total. The number of anilines is 1. The number of benzene rings is 1. The summed E-state index contributed by atoms with van der Waals surface area (Å²) in [6.45, 7) is 6.44. The van der Waals surface area contributed by atoms with Crippen molar-refractivity contribution in [1.82, 2.24) is 0 Å². The third kappa shape index (κ3) is 5.14. The maximum Gasteiger partial charge on any atom is 0.142 e. The highest BCUT2D eigenvalue weighted by atomic mass is 16.5. The smallest absolute Gasteiger partial charge is 0.142 e. The molecular weight excluding hydrogens is 262 g/mol. The summed E-state index contributed by atoms with van der Waals surface area (Å²) in [7, 11) is 0. The van der Waals surface area contributed by atoms with Crippen LogP contribution in [0.2, 0.25) is 0 Å². The SMILES string of the molecule is CCOc1ccc(OCC)c(NCC2CCCCCC2)c1. The maximum absolute atomic E-state index is 5.72. The van der Waals surface area contributed by atoms with Crippen LogP contribution in [0.5, 0.6) is 11.5 Å². The van der Waals surface area contributed by atoms with E-state index in [2.05, 4.69) is 11.4 Å². The second kappa shape index (κ2) is 8.81. The summed E-state index contributed by atoms with van der Waals surface area (Å²) in [6, 6.07) is 6.04. The van der Waals surface area contributed by atoms with Gasteiger partial charge in [-0.25, -0.2) is 0 Å². The van der Waals surface area contributed by atoms with Crippen molar-refractivity contribution >= 4 is 5.69 Å². The molecule has 0 radical (unpaired) electrons. The van der Waals surface area contributed by atoms with Gasteiger partial charge in [0.1, 0.15) is 11.5 Å². The lowest BCUT2D eigenvalue weighted by atomic mass is 10.0. The first-order valence-electron chi connectivity index (χ1n) is 8.47. The van der Waals surface area contributed by atoms with Crippen LogP contribution < -0.4 is 14.8 Å². The Kier molecular flexibility index (Phi) is 6.71. The zero-order valence-corrected chi connectivity index (χ0v) is 13.5. The summed E-state index contributed by atoms with van der Waals surface area (Å²) in [5, 5.41) is 3.59. The van der Waals surface area contributed by atoms with Crippen molar-refractivity contribution < 1.29 is 9.47 Å². The van der Waals surface area contributed by atoms with E-state index >= 15 is 0 Å². The van der Waals surface area contributed by atoms with Crippen molar-refractivity contribution in [1.29, 1.82) is 0 Å². The highest BCUT2D eigenvalue weighted by Crippen LogP contribution is 2.31. The Bertz CT molecular complexity index is 412. The predicted molar refractivity (Wildman–Crippen MR) is 88.5 cm³/mol. The molecular formula is C18H29NO2. The first kappa shape index (κ1) is 16.0. The van der Waals surface area contributed by atoms with E-state index in [1.165, 1.54) is 38.5 Å². The minimum Gasteiger partial charge on any atom is -0.494 e. The van der Waals surface area contributed by atoms with Gasteiger partial charge in [0.15, 0.2) is 0 Å². The number of rotatable bonds is 7. The normalized spacial score (nSPS) is 16.3. The van der Waals surface area contributed by atoms with E-state index in [0.29, 0.717) is 13.2 Å². The molecule has 1 fully saturated rings. The van der Waals surface area contributed by atoms with Crippen molar-refractivity contribution in [2.75, 3.05) is 25.1 Å². The number of nitrogens with one attached hydrogen (secondary N) is 1. The van der Waals surface area contributed by atoms with Gasteiger partial charge in [-0.3, -0.25) is 0 Å². The molecule has 0 saturated heterocycles. The molecule has 1 N–H and O–H groups in total. The molecule has 0 spiro atoms. The Labute approximate surface area is 129 Å². The fraction of sp³-hybridized carbons (Fsp3) is 0.667. The summed E-state index contributed by atoms with van der Waals surface area (Å²) in [5.41, 5.74) is 1.06. The van der Waals surface area contributed by atoms with Crippen molar-refractivity contribution in [3.05, 3.63) is 18.2 Å². The maximum atomic E-state index is 5.72. The Morgan fingerprint density at radius 3 is 2.38 bits per heavy atom.